The summed E-state index contributed by atoms with van der Waals surface area (Å²) in [5, 5.41) is 6.80. The minimum atomic E-state index is -0.570. The molecule has 2 amide bonds. The largest absolute Gasteiger partial charge is 0.366 e. The van der Waals surface area contributed by atoms with Gasteiger partial charge in [-0.1, -0.05) is 12.1 Å². The molecule has 116 valence electrons. The third-order valence-corrected chi connectivity index (χ3v) is 3.09. The van der Waals surface area contributed by atoms with Crippen molar-refractivity contribution >= 4 is 17.5 Å². The van der Waals surface area contributed by atoms with Crippen LogP contribution in [0.3, 0.4) is 0 Å². The van der Waals surface area contributed by atoms with Crippen LogP contribution in [0.2, 0.25) is 0 Å². The molecule has 2 rings (SSSR count). The van der Waals surface area contributed by atoms with Crippen LogP contribution in [0, 0.1) is 0 Å². The molecule has 2 aromatic rings. The Hall–Kier alpha value is -2.67. The number of carbonyl (C=O) groups excluding carboxylic acids is 2. The Morgan fingerprint density at radius 3 is 2.73 bits per heavy atom. The number of rotatable bonds is 6. The number of anilines is 1. The van der Waals surface area contributed by atoms with Crippen molar-refractivity contribution in [3.05, 3.63) is 47.8 Å². The molecule has 0 saturated heterocycles. The summed E-state index contributed by atoms with van der Waals surface area (Å²) >= 11 is 0. The van der Waals surface area contributed by atoms with Crippen LogP contribution in [0.1, 0.15) is 15.9 Å². The minimum absolute atomic E-state index is 0.196. The van der Waals surface area contributed by atoms with Crippen molar-refractivity contribution in [3.63, 3.8) is 0 Å². The second-order valence-electron chi connectivity index (χ2n) is 5.15. The molecular formula is C15H19N5O2. The van der Waals surface area contributed by atoms with Crippen LogP contribution in [0.5, 0.6) is 0 Å². The lowest BCUT2D eigenvalue weighted by Gasteiger charge is -2.16. The Bertz CT molecular complexity index is 680. The van der Waals surface area contributed by atoms with Crippen molar-refractivity contribution in [3.8, 4) is 0 Å². The highest BCUT2D eigenvalue weighted by atomic mass is 16.2. The zero-order valence-electron chi connectivity index (χ0n) is 12.6. The predicted octanol–water partition coefficient (Wildman–Crippen LogP) is 0.589. The lowest BCUT2D eigenvalue weighted by atomic mass is 10.1. The molecule has 1 aromatic heterocycles. The van der Waals surface area contributed by atoms with E-state index in [4.69, 9.17) is 5.73 Å². The number of nitrogens with one attached hydrogen (secondary N) is 1. The maximum absolute atomic E-state index is 12.1. The Labute approximate surface area is 128 Å². The first kappa shape index (κ1) is 15.7. The number of nitrogens with two attached hydrogens (primary N) is 1. The molecule has 0 aliphatic rings. The van der Waals surface area contributed by atoms with Gasteiger partial charge in [-0.3, -0.25) is 19.2 Å². The lowest BCUT2D eigenvalue weighted by molar-refractivity contribution is -0.117. The van der Waals surface area contributed by atoms with Crippen LogP contribution < -0.4 is 11.1 Å². The second-order valence-corrected chi connectivity index (χ2v) is 5.15. The summed E-state index contributed by atoms with van der Waals surface area (Å²) in [4.78, 5) is 25.2. The predicted molar refractivity (Wildman–Crippen MR) is 83.1 cm³/mol. The fraction of sp³-hybridized carbons (Fsp3) is 0.267. The molecule has 0 bridgehead atoms. The number of amides is 2. The van der Waals surface area contributed by atoms with Crippen molar-refractivity contribution in [1.82, 2.24) is 14.7 Å². The standard InChI is InChI=1S/C15H19N5O2/c1-19(8-11-7-17-20(2)9-11)10-14(21)18-13-6-4-3-5-12(13)15(16)22/h3-7,9H,8,10H2,1-2H3,(H2,16,22)(H,18,21). The number of carbonyl (C=O) groups is 2. The number of aryl methyl sites for hydroxylation is 1. The SMILES string of the molecule is CN(CC(=O)Nc1ccccc1C(N)=O)Cc1cnn(C)c1. The van der Waals surface area contributed by atoms with Crippen LogP contribution >= 0.6 is 0 Å². The Kier molecular flexibility index (Phi) is 4.90. The maximum atomic E-state index is 12.1. The number of primary amides is 1. The highest BCUT2D eigenvalue weighted by Crippen LogP contribution is 2.14. The molecular weight excluding hydrogens is 282 g/mol. The number of likely N-dealkylation sites (N-methyl/N-ethyl adjacent to an activating group) is 1. The Balaban J connectivity index is 1.94. The van der Waals surface area contributed by atoms with Crippen molar-refractivity contribution in [2.75, 3.05) is 18.9 Å². The first-order chi connectivity index (χ1) is 10.5. The Morgan fingerprint density at radius 1 is 1.36 bits per heavy atom. The van der Waals surface area contributed by atoms with Gasteiger partial charge in [-0.15, -0.1) is 0 Å². The molecule has 0 unspecified atom stereocenters. The van der Waals surface area contributed by atoms with Crippen molar-refractivity contribution in [2.45, 2.75) is 6.54 Å². The molecule has 0 aliphatic carbocycles. The molecule has 0 fully saturated rings. The maximum Gasteiger partial charge on any atom is 0.250 e. The molecule has 3 N–H and O–H groups in total. The normalized spacial score (nSPS) is 10.7. The van der Waals surface area contributed by atoms with Gasteiger partial charge < -0.3 is 11.1 Å². The van der Waals surface area contributed by atoms with Crippen molar-refractivity contribution in [2.24, 2.45) is 12.8 Å². The summed E-state index contributed by atoms with van der Waals surface area (Å²) in [6.07, 6.45) is 3.66. The highest BCUT2D eigenvalue weighted by Gasteiger charge is 2.12. The molecule has 0 radical (unpaired) electrons. The molecule has 0 aliphatic heterocycles. The van der Waals surface area contributed by atoms with E-state index in [0.29, 0.717) is 17.8 Å². The van der Waals surface area contributed by atoms with Crippen LogP contribution in [-0.2, 0) is 18.4 Å². The van der Waals surface area contributed by atoms with E-state index >= 15 is 0 Å². The molecule has 0 atom stereocenters. The Morgan fingerprint density at radius 2 is 2.09 bits per heavy atom. The summed E-state index contributed by atoms with van der Waals surface area (Å²) in [6, 6.07) is 6.67. The smallest absolute Gasteiger partial charge is 0.250 e. The summed E-state index contributed by atoms with van der Waals surface area (Å²) in [5.41, 5.74) is 7.03. The van der Waals surface area contributed by atoms with Crippen molar-refractivity contribution in [1.29, 1.82) is 0 Å². The molecule has 7 nitrogen and oxygen atoms in total. The van der Waals surface area contributed by atoms with E-state index in [1.807, 2.05) is 25.2 Å². The molecule has 7 heteroatoms. The van der Waals surface area contributed by atoms with Crippen LogP contribution in [0.4, 0.5) is 5.69 Å². The van der Waals surface area contributed by atoms with Crippen molar-refractivity contribution < 1.29 is 9.59 Å². The van der Waals surface area contributed by atoms with Gasteiger partial charge in [-0.05, 0) is 19.2 Å². The average Bonchev–Trinajstić information content (AvgIpc) is 2.83. The number of para-hydroxylation sites is 1. The third-order valence-electron chi connectivity index (χ3n) is 3.09. The summed E-state index contributed by atoms with van der Waals surface area (Å²) in [5.74, 6) is -0.778. The molecule has 1 heterocycles. The van der Waals surface area contributed by atoms with Gasteiger partial charge in [0, 0.05) is 25.4 Å². The first-order valence-electron chi connectivity index (χ1n) is 6.80. The zero-order valence-corrected chi connectivity index (χ0v) is 12.6. The topological polar surface area (TPSA) is 93.2 Å². The first-order valence-corrected chi connectivity index (χ1v) is 6.80. The second kappa shape index (κ2) is 6.86. The van der Waals surface area contributed by atoms with E-state index in [2.05, 4.69) is 10.4 Å². The monoisotopic (exact) mass is 301 g/mol. The fourth-order valence-electron chi connectivity index (χ4n) is 2.16. The summed E-state index contributed by atoms with van der Waals surface area (Å²) in [6.45, 7) is 0.806. The molecule has 1 aromatic carbocycles. The van der Waals surface area contributed by atoms with Gasteiger partial charge in [-0.25, -0.2) is 0 Å². The summed E-state index contributed by atoms with van der Waals surface area (Å²) in [7, 11) is 3.68. The average molecular weight is 301 g/mol. The van der Waals surface area contributed by atoms with Gasteiger partial charge >= 0.3 is 0 Å². The van der Waals surface area contributed by atoms with Gasteiger partial charge in [0.25, 0.3) is 5.91 Å². The van der Waals surface area contributed by atoms with Gasteiger partial charge in [0.2, 0.25) is 5.91 Å². The molecule has 22 heavy (non-hydrogen) atoms. The number of hydrogen-bond donors (Lipinski definition) is 2. The van der Waals surface area contributed by atoms with E-state index in [1.165, 1.54) is 0 Å². The van der Waals surface area contributed by atoms with E-state index in [-0.39, 0.29) is 12.5 Å². The third kappa shape index (κ3) is 4.16. The number of nitrogens with zero attached hydrogens (tertiary/aromatic N) is 3. The van der Waals surface area contributed by atoms with E-state index in [0.717, 1.165) is 5.56 Å². The van der Waals surface area contributed by atoms with Gasteiger partial charge in [0.15, 0.2) is 0 Å². The van der Waals surface area contributed by atoms with E-state index in [9.17, 15) is 9.59 Å². The van der Waals surface area contributed by atoms with E-state index < -0.39 is 5.91 Å². The number of aromatic nitrogens is 2. The quantitative estimate of drug-likeness (QED) is 0.816. The van der Waals surface area contributed by atoms with Gasteiger partial charge in [-0.2, -0.15) is 5.10 Å². The fourth-order valence-corrected chi connectivity index (χ4v) is 2.16. The van der Waals surface area contributed by atoms with Crippen LogP contribution in [-0.4, -0.2) is 40.1 Å². The number of benzene rings is 1. The number of hydrogen-bond acceptors (Lipinski definition) is 4. The lowest BCUT2D eigenvalue weighted by Crippen LogP contribution is -2.30. The minimum Gasteiger partial charge on any atom is -0.366 e. The molecule has 0 saturated carbocycles. The van der Waals surface area contributed by atoms with E-state index in [1.54, 1.807) is 35.1 Å². The van der Waals surface area contributed by atoms with Crippen LogP contribution in [0.15, 0.2) is 36.7 Å². The van der Waals surface area contributed by atoms with Gasteiger partial charge in [0.05, 0.1) is 24.0 Å². The van der Waals surface area contributed by atoms with Gasteiger partial charge in [0.1, 0.15) is 0 Å². The summed E-state index contributed by atoms with van der Waals surface area (Å²) < 4.78 is 1.71. The zero-order chi connectivity index (χ0) is 16.1. The molecule has 0 spiro atoms. The highest BCUT2D eigenvalue weighted by molar-refractivity contribution is 6.03. The van der Waals surface area contributed by atoms with Crippen LogP contribution in [0.25, 0.3) is 0 Å².